The number of hydrogen-bond acceptors (Lipinski definition) is 3. The Kier molecular flexibility index (Phi) is 3.91. The van der Waals surface area contributed by atoms with Gasteiger partial charge in [-0.05, 0) is 18.6 Å². The van der Waals surface area contributed by atoms with Crippen molar-refractivity contribution in [2.75, 3.05) is 6.61 Å². The lowest BCUT2D eigenvalue weighted by Gasteiger charge is -2.04. The number of nitrogens with zero attached hydrogens (tertiary/aromatic N) is 1. The SMILES string of the molecule is CCCCOc1ccc(C(N)=O)nc1. The van der Waals surface area contributed by atoms with Gasteiger partial charge in [0.15, 0.2) is 0 Å². The number of unbranched alkanes of at least 4 members (excludes halogenated alkanes) is 1. The highest BCUT2D eigenvalue weighted by Crippen LogP contribution is 2.09. The van der Waals surface area contributed by atoms with Gasteiger partial charge >= 0.3 is 0 Å². The van der Waals surface area contributed by atoms with Crippen LogP contribution in [0, 0.1) is 0 Å². The van der Waals surface area contributed by atoms with Crippen LogP contribution in [-0.4, -0.2) is 17.5 Å². The molecule has 1 rings (SSSR count). The fraction of sp³-hybridized carbons (Fsp3) is 0.400. The van der Waals surface area contributed by atoms with E-state index in [0.29, 0.717) is 12.4 Å². The molecule has 1 aromatic heterocycles. The molecule has 2 N–H and O–H groups in total. The highest BCUT2D eigenvalue weighted by Gasteiger charge is 2.01. The standard InChI is InChI=1S/C10H14N2O2/c1-2-3-6-14-8-4-5-9(10(11)13)12-7-8/h4-5,7H,2-3,6H2,1H3,(H2,11,13). The third-order valence-electron chi connectivity index (χ3n) is 1.76. The Morgan fingerprint density at radius 3 is 2.86 bits per heavy atom. The normalized spacial score (nSPS) is 9.79. The monoisotopic (exact) mass is 194 g/mol. The number of primary amides is 1. The highest BCUT2D eigenvalue weighted by molar-refractivity contribution is 5.90. The van der Waals surface area contributed by atoms with Gasteiger partial charge in [-0.3, -0.25) is 4.79 Å². The first-order valence-corrected chi connectivity index (χ1v) is 4.62. The molecule has 0 atom stereocenters. The van der Waals surface area contributed by atoms with Gasteiger partial charge < -0.3 is 10.5 Å². The number of rotatable bonds is 5. The van der Waals surface area contributed by atoms with E-state index >= 15 is 0 Å². The van der Waals surface area contributed by atoms with Crippen molar-refractivity contribution in [3.05, 3.63) is 24.0 Å². The van der Waals surface area contributed by atoms with Crippen LogP contribution in [0.1, 0.15) is 30.3 Å². The lowest BCUT2D eigenvalue weighted by molar-refractivity contribution is 0.0995. The second kappa shape index (κ2) is 5.21. The zero-order valence-electron chi connectivity index (χ0n) is 8.19. The highest BCUT2D eigenvalue weighted by atomic mass is 16.5. The first-order chi connectivity index (χ1) is 6.74. The fourth-order valence-electron chi connectivity index (χ4n) is 0.946. The average molecular weight is 194 g/mol. The zero-order valence-corrected chi connectivity index (χ0v) is 8.19. The summed E-state index contributed by atoms with van der Waals surface area (Å²) in [5, 5.41) is 0. The van der Waals surface area contributed by atoms with Gasteiger partial charge in [-0.2, -0.15) is 0 Å². The first-order valence-electron chi connectivity index (χ1n) is 4.62. The van der Waals surface area contributed by atoms with Crippen molar-refractivity contribution in [3.8, 4) is 5.75 Å². The van der Waals surface area contributed by atoms with Crippen LogP contribution in [-0.2, 0) is 0 Å². The van der Waals surface area contributed by atoms with Crippen LogP contribution in [0.15, 0.2) is 18.3 Å². The predicted octanol–water partition coefficient (Wildman–Crippen LogP) is 1.36. The Hall–Kier alpha value is -1.58. The summed E-state index contributed by atoms with van der Waals surface area (Å²) in [6, 6.07) is 3.26. The van der Waals surface area contributed by atoms with E-state index in [9.17, 15) is 4.79 Å². The maximum Gasteiger partial charge on any atom is 0.267 e. The van der Waals surface area contributed by atoms with E-state index in [4.69, 9.17) is 10.5 Å². The van der Waals surface area contributed by atoms with Gasteiger partial charge in [-0.1, -0.05) is 13.3 Å². The summed E-state index contributed by atoms with van der Waals surface area (Å²) in [4.78, 5) is 14.5. The molecule has 0 spiro atoms. The van der Waals surface area contributed by atoms with Crippen LogP contribution in [0.5, 0.6) is 5.75 Å². The van der Waals surface area contributed by atoms with E-state index in [-0.39, 0.29) is 5.69 Å². The van der Waals surface area contributed by atoms with Crippen LogP contribution in [0.25, 0.3) is 0 Å². The van der Waals surface area contributed by atoms with Gasteiger partial charge in [0.2, 0.25) is 0 Å². The van der Waals surface area contributed by atoms with Crippen molar-refractivity contribution in [2.45, 2.75) is 19.8 Å². The van der Waals surface area contributed by atoms with Crippen molar-refractivity contribution in [1.29, 1.82) is 0 Å². The summed E-state index contributed by atoms with van der Waals surface area (Å²) in [6.45, 7) is 2.77. The largest absolute Gasteiger partial charge is 0.492 e. The van der Waals surface area contributed by atoms with E-state index in [1.54, 1.807) is 12.1 Å². The molecule has 1 aromatic rings. The summed E-state index contributed by atoms with van der Waals surface area (Å²) in [5.41, 5.74) is 5.30. The summed E-state index contributed by atoms with van der Waals surface area (Å²) in [6.07, 6.45) is 3.61. The van der Waals surface area contributed by atoms with Crippen molar-refractivity contribution in [1.82, 2.24) is 4.98 Å². The van der Waals surface area contributed by atoms with E-state index in [0.717, 1.165) is 12.8 Å². The van der Waals surface area contributed by atoms with Crippen LogP contribution in [0.4, 0.5) is 0 Å². The molecule has 0 fully saturated rings. The molecular weight excluding hydrogens is 180 g/mol. The predicted molar refractivity (Wildman–Crippen MR) is 53.2 cm³/mol. The number of pyridine rings is 1. The first kappa shape index (κ1) is 10.5. The number of amides is 1. The molecule has 0 radical (unpaired) electrons. The van der Waals surface area contributed by atoms with Crippen LogP contribution >= 0.6 is 0 Å². The molecular formula is C10H14N2O2. The summed E-state index contributed by atoms with van der Waals surface area (Å²) in [5.74, 6) is 0.147. The molecule has 0 bridgehead atoms. The van der Waals surface area contributed by atoms with E-state index in [1.807, 2.05) is 0 Å². The lowest BCUT2D eigenvalue weighted by atomic mass is 10.3. The van der Waals surface area contributed by atoms with Gasteiger partial charge in [0.25, 0.3) is 5.91 Å². The molecule has 0 aliphatic heterocycles. The van der Waals surface area contributed by atoms with Gasteiger partial charge in [0.05, 0.1) is 12.8 Å². The Balaban J connectivity index is 2.51. The summed E-state index contributed by atoms with van der Waals surface area (Å²) in [7, 11) is 0. The Morgan fingerprint density at radius 2 is 2.36 bits per heavy atom. The third kappa shape index (κ3) is 3.05. The van der Waals surface area contributed by atoms with Gasteiger partial charge in [0, 0.05) is 0 Å². The molecule has 0 saturated heterocycles. The van der Waals surface area contributed by atoms with Crippen LogP contribution < -0.4 is 10.5 Å². The number of carbonyl (C=O) groups is 1. The second-order valence-electron chi connectivity index (χ2n) is 2.95. The Morgan fingerprint density at radius 1 is 1.57 bits per heavy atom. The van der Waals surface area contributed by atoms with Crippen LogP contribution in [0.3, 0.4) is 0 Å². The van der Waals surface area contributed by atoms with E-state index < -0.39 is 5.91 Å². The molecule has 1 amide bonds. The molecule has 0 aromatic carbocycles. The van der Waals surface area contributed by atoms with E-state index in [2.05, 4.69) is 11.9 Å². The lowest BCUT2D eigenvalue weighted by Crippen LogP contribution is -2.12. The third-order valence-corrected chi connectivity index (χ3v) is 1.76. The summed E-state index contributed by atoms with van der Waals surface area (Å²) < 4.78 is 5.37. The number of nitrogens with two attached hydrogens (primary N) is 1. The smallest absolute Gasteiger partial charge is 0.267 e. The summed E-state index contributed by atoms with van der Waals surface area (Å²) >= 11 is 0. The van der Waals surface area contributed by atoms with Gasteiger partial charge in [-0.25, -0.2) is 4.98 Å². The number of hydrogen-bond donors (Lipinski definition) is 1. The van der Waals surface area contributed by atoms with Crippen molar-refractivity contribution in [3.63, 3.8) is 0 Å². The minimum Gasteiger partial charge on any atom is -0.492 e. The van der Waals surface area contributed by atoms with Gasteiger partial charge in [-0.15, -0.1) is 0 Å². The molecule has 4 heteroatoms. The van der Waals surface area contributed by atoms with E-state index in [1.165, 1.54) is 6.20 Å². The number of ether oxygens (including phenoxy) is 1. The maximum absolute atomic E-state index is 10.7. The minimum atomic E-state index is -0.523. The molecule has 0 unspecified atom stereocenters. The molecule has 4 nitrogen and oxygen atoms in total. The fourth-order valence-corrected chi connectivity index (χ4v) is 0.946. The van der Waals surface area contributed by atoms with Crippen molar-refractivity contribution in [2.24, 2.45) is 5.73 Å². The molecule has 1 heterocycles. The molecule has 0 aliphatic rings. The topological polar surface area (TPSA) is 65.2 Å². The van der Waals surface area contributed by atoms with Crippen LogP contribution in [0.2, 0.25) is 0 Å². The second-order valence-corrected chi connectivity index (χ2v) is 2.95. The molecule has 14 heavy (non-hydrogen) atoms. The molecule has 0 aliphatic carbocycles. The average Bonchev–Trinajstić information content (AvgIpc) is 2.19. The zero-order chi connectivity index (χ0) is 10.4. The number of carbonyl (C=O) groups excluding carboxylic acids is 1. The molecule has 76 valence electrons. The Bertz CT molecular complexity index is 295. The Labute approximate surface area is 83.1 Å². The van der Waals surface area contributed by atoms with Crippen molar-refractivity contribution >= 4 is 5.91 Å². The van der Waals surface area contributed by atoms with Gasteiger partial charge in [0.1, 0.15) is 11.4 Å². The number of aromatic nitrogens is 1. The minimum absolute atomic E-state index is 0.257. The maximum atomic E-state index is 10.7. The molecule has 0 saturated carbocycles. The van der Waals surface area contributed by atoms with Crippen molar-refractivity contribution < 1.29 is 9.53 Å². The quantitative estimate of drug-likeness (QED) is 0.720.